The van der Waals surface area contributed by atoms with E-state index in [0.29, 0.717) is 18.0 Å². The third-order valence-corrected chi connectivity index (χ3v) is 5.38. The molecule has 2 heterocycles. The van der Waals surface area contributed by atoms with E-state index in [1.807, 2.05) is 19.2 Å². The molecule has 0 saturated heterocycles. The van der Waals surface area contributed by atoms with Gasteiger partial charge in [0.2, 0.25) is 5.88 Å². The lowest BCUT2D eigenvalue weighted by molar-refractivity contribution is 0.0977. The molecular weight excluding hydrogens is 408 g/mol. The average Bonchev–Trinajstić information content (AvgIpc) is 3.26. The molecule has 1 amide bonds. The maximum absolute atomic E-state index is 12.9. The second kappa shape index (κ2) is 9.40. The number of hydrogen-bond donors (Lipinski definition) is 1. The average molecular weight is 430 g/mol. The number of nitrogens with zero attached hydrogens (tertiary/aromatic N) is 3. The first-order valence-electron chi connectivity index (χ1n) is 8.93. The van der Waals surface area contributed by atoms with Crippen LogP contribution in [-0.4, -0.2) is 46.2 Å². The topological polar surface area (TPSA) is 105 Å². The van der Waals surface area contributed by atoms with Crippen LogP contribution in [-0.2, 0) is 17.5 Å². The van der Waals surface area contributed by atoms with E-state index in [1.165, 1.54) is 27.4 Å². The fourth-order valence-electron chi connectivity index (χ4n) is 2.84. The first kappa shape index (κ1) is 21.3. The van der Waals surface area contributed by atoms with E-state index in [0.717, 1.165) is 11.1 Å². The first-order chi connectivity index (χ1) is 14.5. The third-order valence-electron chi connectivity index (χ3n) is 4.23. The number of aromatic nitrogens is 3. The lowest BCUT2D eigenvalue weighted by atomic mass is 10.2. The van der Waals surface area contributed by atoms with Crippen LogP contribution in [0.25, 0.3) is 0 Å². The number of carbonyl (C=O) groups is 1. The predicted octanol–water partition coefficient (Wildman–Crippen LogP) is 2.11. The number of hydrogen-bond acceptors (Lipinski definition) is 7. The minimum Gasteiger partial charge on any atom is -0.495 e. The Hall–Kier alpha value is -3.40. The van der Waals surface area contributed by atoms with E-state index in [4.69, 9.17) is 14.2 Å². The number of amides is 1. The van der Waals surface area contributed by atoms with E-state index in [1.54, 1.807) is 29.1 Å². The molecule has 0 radical (unpaired) electrons. The summed E-state index contributed by atoms with van der Waals surface area (Å²) in [6.45, 7) is 2.30. The zero-order valence-corrected chi connectivity index (χ0v) is 17.9. The van der Waals surface area contributed by atoms with Gasteiger partial charge < -0.3 is 14.2 Å². The van der Waals surface area contributed by atoms with Crippen molar-refractivity contribution < 1.29 is 23.2 Å². The number of carbonyl (C=O) groups excluding carboxylic acids is 1. The summed E-state index contributed by atoms with van der Waals surface area (Å²) in [5.74, 6) is 0.368. The van der Waals surface area contributed by atoms with Gasteiger partial charge in [0.1, 0.15) is 22.1 Å². The Kier molecular flexibility index (Phi) is 6.68. The molecule has 10 heteroatoms. The molecule has 2 aromatic heterocycles. The highest BCUT2D eigenvalue weighted by atomic mass is 32.2. The Labute approximate surface area is 176 Å². The summed E-state index contributed by atoms with van der Waals surface area (Å²) < 4.78 is 33.0. The minimum absolute atomic E-state index is 0.0643. The minimum atomic E-state index is -1.93. The zero-order chi connectivity index (χ0) is 21.7. The van der Waals surface area contributed by atoms with Gasteiger partial charge in [0.05, 0.1) is 27.9 Å². The van der Waals surface area contributed by atoms with Crippen LogP contribution >= 0.6 is 0 Å². The largest absolute Gasteiger partial charge is 0.495 e. The maximum Gasteiger partial charge on any atom is 0.281 e. The van der Waals surface area contributed by atoms with Gasteiger partial charge in [0.25, 0.3) is 5.91 Å². The van der Waals surface area contributed by atoms with Crippen LogP contribution in [0.4, 0.5) is 0 Å². The summed E-state index contributed by atoms with van der Waals surface area (Å²) in [5.41, 5.74) is 1.69. The van der Waals surface area contributed by atoms with Crippen molar-refractivity contribution in [1.29, 1.82) is 0 Å². The van der Waals surface area contributed by atoms with Crippen molar-refractivity contribution >= 4 is 16.9 Å². The fraction of sp³-hybridized carbons (Fsp3) is 0.250. The van der Waals surface area contributed by atoms with E-state index in [-0.39, 0.29) is 16.5 Å². The Balaban J connectivity index is 1.83. The molecule has 3 rings (SSSR count). The highest BCUT2D eigenvalue weighted by Gasteiger charge is 2.22. The summed E-state index contributed by atoms with van der Waals surface area (Å²) in [7, 11) is 2.46. The normalized spacial score (nSPS) is 11.6. The second-order valence-electron chi connectivity index (χ2n) is 6.27. The van der Waals surface area contributed by atoms with E-state index in [2.05, 4.69) is 14.8 Å². The van der Waals surface area contributed by atoms with Crippen molar-refractivity contribution in [2.45, 2.75) is 18.4 Å². The molecule has 3 aromatic rings. The molecule has 1 atom stereocenters. The van der Waals surface area contributed by atoms with Crippen LogP contribution in [0.15, 0.2) is 47.6 Å². The van der Waals surface area contributed by atoms with Crippen molar-refractivity contribution in [3.63, 3.8) is 0 Å². The molecule has 0 fully saturated rings. The molecule has 0 spiro atoms. The fourth-order valence-corrected chi connectivity index (χ4v) is 3.87. The molecule has 1 aromatic carbocycles. The highest BCUT2D eigenvalue weighted by molar-refractivity contribution is 7.84. The van der Waals surface area contributed by atoms with E-state index in [9.17, 15) is 9.00 Å². The monoisotopic (exact) mass is 430 g/mol. The number of pyridine rings is 1. The first-order valence-corrected chi connectivity index (χ1v) is 10.1. The van der Waals surface area contributed by atoms with E-state index >= 15 is 0 Å². The number of rotatable bonds is 8. The quantitative estimate of drug-likeness (QED) is 0.584. The summed E-state index contributed by atoms with van der Waals surface area (Å²) in [6, 6.07) is 8.50. The lowest BCUT2D eigenvalue weighted by Crippen LogP contribution is -2.27. The molecule has 0 aliphatic heterocycles. The molecule has 0 aliphatic rings. The number of ether oxygens (including phenoxy) is 3. The SMILES string of the molecule is COc1cc(C)cc(OC)c1S(=O)NC(=O)c1ccc(Cn2cccn2)c(OC)n1. The standard InChI is InChI=1S/C20H22N4O5S/c1-13-10-16(27-2)18(17(11-13)28-3)30(26)23-19(25)15-7-6-14(20(22-15)29-4)12-24-9-5-8-21-24/h5-11H,12H2,1-4H3,(H,23,25). The summed E-state index contributed by atoms with van der Waals surface area (Å²) in [6.07, 6.45) is 3.48. The van der Waals surface area contributed by atoms with Crippen molar-refractivity contribution in [3.8, 4) is 17.4 Å². The smallest absolute Gasteiger partial charge is 0.281 e. The Morgan fingerprint density at radius 3 is 2.40 bits per heavy atom. The number of nitrogens with one attached hydrogen (secondary N) is 1. The number of benzene rings is 1. The summed E-state index contributed by atoms with van der Waals surface area (Å²) in [5, 5.41) is 4.15. The maximum atomic E-state index is 12.9. The van der Waals surface area contributed by atoms with Gasteiger partial charge in [-0.3, -0.25) is 14.2 Å². The van der Waals surface area contributed by atoms with Gasteiger partial charge in [-0.15, -0.1) is 0 Å². The molecule has 158 valence electrons. The van der Waals surface area contributed by atoms with Crippen molar-refractivity contribution in [2.75, 3.05) is 21.3 Å². The Morgan fingerprint density at radius 2 is 1.83 bits per heavy atom. The van der Waals surface area contributed by atoms with Gasteiger partial charge in [-0.05, 0) is 42.8 Å². The second-order valence-corrected chi connectivity index (χ2v) is 7.42. The number of aryl methyl sites for hydroxylation is 1. The van der Waals surface area contributed by atoms with Crippen LogP contribution in [0.1, 0.15) is 21.6 Å². The van der Waals surface area contributed by atoms with Gasteiger partial charge in [-0.2, -0.15) is 5.10 Å². The zero-order valence-electron chi connectivity index (χ0n) is 17.0. The highest BCUT2D eigenvalue weighted by Crippen LogP contribution is 2.33. The van der Waals surface area contributed by atoms with Gasteiger partial charge in [-0.1, -0.05) is 0 Å². The van der Waals surface area contributed by atoms with Crippen LogP contribution < -0.4 is 18.9 Å². The molecule has 0 bridgehead atoms. The molecule has 0 aliphatic carbocycles. The van der Waals surface area contributed by atoms with Crippen molar-refractivity contribution in [1.82, 2.24) is 19.5 Å². The van der Waals surface area contributed by atoms with Crippen LogP contribution in [0.2, 0.25) is 0 Å². The third kappa shape index (κ3) is 4.60. The molecule has 1 unspecified atom stereocenters. The van der Waals surface area contributed by atoms with E-state index < -0.39 is 16.9 Å². The Morgan fingerprint density at radius 1 is 1.13 bits per heavy atom. The molecular formula is C20H22N4O5S. The molecule has 30 heavy (non-hydrogen) atoms. The van der Waals surface area contributed by atoms with Gasteiger partial charge in [0, 0.05) is 18.0 Å². The summed E-state index contributed by atoms with van der Waals surface area (Å²) in [4.78, 5) is 17.2. The van der Waals surface area contributed by atoms with Crippen LogP contribution in [0.3, 0.4) is 0 Å². The summed E-state index contributed by atoms with van der Waals surface area (Å²) >= 11 is 0. The van der Waals surface area contributed by atoms with Crippen LogP contribution in [0.5, 0.6) is 17.4 Å². The van der Waals surface area contributed by atoms with Crippen molar-refractivity contribution in [2.24, 2.45) is 0 Å². The predicted molar refractivity (Wildman–Crippen MR) is 110 cm³/mol. The van der Waals surface area contributed by atoms with Gasteiger partial charge in [0.15, 0.2) is 11.0 Å². The number of methoxy groups -OCH3 is 3. The molecule has 0 saturated carbocycles. The van der Waals surface area contributed by atoms with Gasteiger partial charge in [-0.25, -0.2) is 9.19 Å². The van der Waals surface area contributed by atoms with Crippen LogP contribution in [0, 0.1) is 6.92 Å². The van der Waals surface area contributed by atoms with Crippen molar-refractivity contribution in [3.05, 3.63) is 59.5 Å². The van der Waals surface area contributed by atoms with Gasteiger partial charge >= 0.3 is 0 Å². The Bertz CT molecular complexity index is 1040. The lowest BCUT2D eigenvalue weighted by Gasteiger charge is -2.14. The molecule has 1 N–H and O–H groups in total. The molecule has 9 nitrogen and oxygen atoms in total.